The van der Waals surface area contributed by atoms with Crippen molar-refractivity contribution in [3.8, 4) is 0 Å². The number of ether oxygens (including phenoxy) is 1. The van der Waals surface area contributed by atoms with Gasteiger partial charge in [0.15, 0.2) is 0 Å². The number of hydrogen-bond donors (Lipinski definition) is 2. The molecule has 5 nitrogen and oxygen atoms in total. The minimum Gasteiger partial charge on any atom is -0.450 e. The van der Waals surface area contributed by atoms with Crippen LogP contribution in [-0.2, 0) is 11.3 Å². The predicted octanol–water partition coefficient (Wildman–Crippen LogP) is 4.02. The maximum atomic E-state index is 11.3. The number of nitrogens with zero attached hydrogens (tertiary/aromatic N) is 1. The van der Waals surface area contributed by atoms with Gasteiger partial charge in [-0.1, -0.05) is 0 Å². The number of nitrogens with one attached hydrogen (secondary N) is 2. The monoisotopic (exact) mass is 349 g/mol. The van der Waals surface area contributed by atoms with Gasteiger partial charge in [0.2, 0.25) is 0 Å². The third-order valence-corrected chi connectivity index (χ3v) is 3.14. The average Bonchev–Trinajstić information content (AvgIpc) is 2.48. The number of carbonyl (C=O) groups is 1. The zero-order chi connectivity index (χ0) is 15.1. The summed E-state index contributed by atoms with van der Waals surface area (Å²) in [4.78, 5) is 15.6. The SMILES string of the molecule is CCOC(=O)Nc1ccc(NCc2ccc(Br)cn2)cc1. The lowest BCUT2D eigenvalue weighted by Gasteiger charge is -2.08. The Morgan fingerprint density at radius 3 is 2.52 bits per heavy atom. The quantitative estimate of drug-likeness (QED) is 0.855. The van der Waals surface area contributed by atoms with Gasteiger partial charge in [-0.15, -0.1) is 0 Å². The molecule has 0 saturated heterocycles. The average molecular weight is 350 g/mol. The standard InChI is InChI=1S/C15H16BrN3O2/c1-2-21-15(20)19-13-7-5-12(6-8-13)18-10-14-4-3-11(16)9-17-14/h3-9,18H,2,10H2,1H3,(H,19,20). The number of anilines is 2. The molecule has 0 atom stereocenters. The molecule has 0 saturated carbocycles. The van der Waals surface area contributed by atoms with Crippen molar-refractivity contribution < 1.29 is 9.53 Å². The number of amides is 1. The molecule has 1 heterocycles. The summed E-state index contributed by atoms with van der Waals surface area (Å²) in [7, 11) is 0. The third-order valence-electron chi connectivity index (χ3n) is 2.67. The van der Waals surface area contributed by atoms with Crippen LogP contribution in [0, 0.1) is 0 Å². The normalized spacial score (nSPS) is 10.0. The van der Waals surface area contributed by atoms with Gasteiger partial charge in [-0.2, -0.15) is 0 Å². The number of halogens is 1. The van der Waals surface area contributed by atoms with Gasteiger partial charge in [0.25, 0.3) is 0 Å². The molecule has 0 unspecified atom stereocenters. The van der Waals surface area contributed by atoms with Crippen LogP contribution < -0.4 is 10.6 Å². The maximum Gasteiger partial charge on any atom is 0.411 e. The molecule has 1 aromatic carbocycles. The fourth-order valence-corrected chi connectivity index (χ4v) is 1.89. The molecule has 6 heteroatoms. The zero-order valence-corrected chi connectivity index (χ0v) is 13.2. The fraction of sp³-hybridized carbons (Fsp3) is 0.200. The summed E-state index contributed by atoms with van der Waals surface area (Å²) in [6.45, 7) is 2.76. The summed E-state index contributed by atoms with van der Waals surface area (Å²) in [6, 6.07) is 11.3. The van der Waals surface area contributed by atoms with E-state index in [1.54, 1.807) is 13.1 Å². The Bertz CT molecular complexity index is 585. The molecule has 0 spiro atoms. The van der Waals surface area contributed by atoms with Crippen molar-refractivity contribution in [2.75, 3.05) is 17.2 Å². The first kappa shape index (κ1) is 15.3. The Kier molecular flexibility index (Phi) is 5.57. The van der Waals surface area contributed by atoms with E-state index in [4.69, 9.17) is 4.74 Å². The Balaban J connectivity index is 1.87. The van der Waals surface area contributed by atoms with Gasteiger partial charge in [-0.05, 0) is 59.3 Å². The highest BCUT2D eigenvalue weighted by molar-refractivity contribution is 9.10. The van der Waals surface area contributed by atoms with Crippen molar-refractivity contribution in [1.29, 1.82) is 0 Å². The number of rotatable bonds is 5. The summed E-state index contributed by atoms with van der Waals surface area (Å²) < 4.78 is 5.77. The van der Waals surface area contributed by atoms with E-state index in [1.165, 1.54) is 0 Å². The topological polar surface area (TPSA) is 63.2 Å². The highest BCUT2D eigenvalue weighted by atomic mass is 79.9. The van der Waals surface area contributed by atoms with E-state index in [-0.39, 0.29) is 0 Å². The summed E-state index contributed by atoms with van der Waals surface area (Å²) in [5.74, 6) is 0. The molecule has 0 bridgehead atoms. The Morgan fingerprint density at radius 2 is 1.90 bits per heavy atom. The second-order valence-corrected chi connectivity index (χ2v) is 5.16. The lowest BCUT2D eigenvalue weighted by Crippen LogP contribution is -2.13. The number of benzene rings is 1. The van der Waals surface area contributed by atoms with Crippen LogP contribution in [0.5, 0.6) is 0 Å². The summed E-state index contributed by atoms with van der Waals surface area (Å²) in [5, 5.41) is 5.91. The summed E-state index contributed by atoms with van der Waals surface area (Å²) in [5.41, 5.74) is 2.60. The second kappa shape index (κ2) is 7.64. The van der Waals surface area contributed by atoms with E-state index < -0.39 is 6.09 Å². The van der Waals surface area contributed by atoms with Crippen molar-refractivity contribution in [3.63, 3.8) is 0 Å². The van der Waals surface area contributed by atoms with Gasteiger partial charge in [-0.3, -0.25) is 10.3 Å². The van der Waals surface area contributed by atoms with Crippen LogP contribution in [0.15, 0.2) is 47.1 Å². The Labute approximate surface area is 131 Å². The van der Waals surface area contributed by atoms with Crippen LogP contribution in [0.1, 0.15) is 12.6 Å². The van der Waals surface area contributed by atoms with Crippen molar-refractivity contribution in [2.45, 2.75) is 13.5 Å². The largest absolute Gasteiger partial charge is 0.450 e. The van der Waals surface area contributed by atoms with Crippen LogP contribution in [-0.4, -0.2) is 17.7 Å². The predicted molar refractivity (Wildman–Crippen MR) is 86.4 cm³/mol. The van der Waals surface area contributed by atoms with Crippen molar-refractivity contribution in [2.24, 2.45) is 0 Å². The van der Waals surface area contributed by atoms with Crippen molar-refractivity contribution in [3.05, 3.63) is 52.8 Å². The number of hydrogen-bond acceptors (Lipinski definition) is 4. The van der Waals surface area contributed by atoms with Gasteiger partial charge < -0.3 is 10.1 Å². The Morgan fingerprint density at radius 1 is 1.19 bits per heavy atom. The van der Waals surface area contributed by atoms with E-state index in [0.29, 0.717) is 18.8 Å². The van der Waals surface area contributed by atoms with E-state index >= 15 is 0 Å². The lowest BCUT2D eigenvalue weighted by molar-refractivity contribution is 0.168. The lowest BCUT2D eigenvalue weighted by atomic mass is 10.2. The first-order chi connectivity index (χ1) is 10.2. The van der Waals surface area contributed by atoms with E-state index in [9.17, 15) is 4.79 Å². The molecule has 2 N–H and O–H groups in total. The molecule has 0 radical (unpaired) electrons. The molecule has 21 heavy (non-hydrogen) atoms. The molecule has 2 rings (SSSR count). The van der Waals surface area contributed by atoms with Crippen LogP contribution >= 0.6 is 15.9 Å². The fourth-order valence-electron chi connectivity index (χ4n) is 1.66. The van der Waals surface area contributed by atoms with Crippen LogP contribution in [0.2, 0.25) is 0 Å². The minimum atomic E-state index is -0.447. The Hall–Kier alpha value is -2.08. The van der Waals surface area contributed by atoms with E-state index in [0.717, 1.165) is 15.9 Å². The molecule has 0 aliphatic rings. The van der Waals surface area contributed by atoms with Gasteiger partial charge in [0.05, 0.1) is 18.8 Å². The molecular formula is C15H16BrN3O2. The molecular weight excluding hydrogens is 334 g/mol. The highest BCUT2D eigenvalue weighted by Gasteiger charge is 2.01. The van der Waals surface area contributed by atoms with E-state index in [2.05, 4.69) is 31.5 Å². The third kappa shape index (κ3) is 5.07. The number of pyridine rings is 1. The molecule has 0 aliphatic heterocycles. The summed E-state index contributed by atoms with van der Waals surface area (Å²) >= 11 is 3.35. The van der Waals surface area contributed by atoms with Crippen LogP contribution in [0.3, 0.4) is 0 Å². The minimum absolute atomic E-state index is 0.353. The number of carbonyl (C=O) groups excluding carboxylic acids is 1. The van der Waals surface area contributed by atoms with Gasteiger partial charge in [0.1, 0.15) is 0 Å². The van der Waals surface area contributed by atoms with E-state index in [1.807, 2.05) is 36.4 Å². The molecule has 0 fully saturated rings. The molecule has 0 aliphatic carbocycles. The second-order valence-electron chi connectivity index (χ2n) is 4.24. The maximum absolute atomic E-state index is 11.3. The van der Waals surface area contributed by atoms with Crippen molar-refractivity contribution >= 4 is 33.4 Å². The molecule has 110 valence electrons. The van der Waals surface area contributed by atoms with Gasteiger partial charge in [0, 0.05) is 22.0 Å². The van der Waals surface area contributed by atoms with Crippen LogP contribution in [0.4, 0.5) is 16.2 Å². The highest BCUT2D eigenvalue weighted by Crippen LogP contribution is 2.15. The zero-order valence-electron chi connectivity index (χ0n) is 11.6. The molecule has 1 aromatic heterocycles. The van der Waals surface area contributed by atoms with Crippen molar-refractivity contribution in [1.82, 2.24) is 4.98 Å². The first-order valence-corrected chi connectivity index (χ1v) is 7.35. The smallest absolute Gasteiger partial charge is 0.411 e. The molecule has 1 amide bonds. The molecule has 2 aromatic rings. The van der Waals surface area contributed by atoms with Gasteiger partial charge in [-0.25, -0.2) is 4.79 Å². The van der Waals surface area contributed by atoms with Crippen LogP contribution in [0.25, 0.3) is 0 Å². The first-order valence-electron chi connectivity index (χ1n) is 6.55. The summed E-state index contributed by atoms with van der Waals surface area (Å²) in [6.07, 6.45) is 1.32. The van der Waals surface area contributed by atoms with Gasteiger partial charge >= 0.3 is 6.09 Å². The number of aromatic nitrogens is 1.